The van der Waals surface area contributed by atoms with Crippen LogP contribution in [0.15, 0.2) is 36.4 Å². The predicted molar refractivity (Wildman–Crippen MR) is 133 cm³/mol. The van der Waals surface area contributed by atoms with Crippen molar-refractivity contribution in [3.63, 3.8) is 0 Å². The van der Waals surface area contributed by atoms with Crippen molar-refractivity contribution in [2.24, 2.45) is 0 Å². The normalized spacial score (nSPS) is 21.1. The number of nitrogens with one attached hydrogen (secondary N) is 2. The van der Waals surface area contributed by atoms with Crippen LogP contribution in [0.5, 0.6) is 0 Å². The van der Waals surface area contributed by atoms with Crippen molar-refractivity contribution in [3.8, 4) is 0 Å². The molecular formula is C27H28ClF4N3O3. The average molecular weight is 554 g/mol. The summed E-state index contributed by atoms with van der Waals surface area (Å²) < 4.78 is 52.8. The van der Waals surface area contributed by atoms with E-state index >= 15 is 0 Å². The standard InChI is InChI=1S/C27H28ClF4N3O3/c1-14-4-5-15(2)35(14)24(37)17-6-7-21(22(28)12-17)16(3)33-25(38)26(8-9-26)34-23(36)18-10-19(27(30,31)32)13-20(29)11-18/h6-7,10-16H,4-5,8-9H2,1-3H3,(H,33,38)(H,34,36)/t14-,15-,16?/m0/s1. The van der Waals surface area contributed by atoms with Gasteiger partial charge in [0.25, 0.3) is 11.8 Å². The van der Waals surface area contributed by atoms with Crippen LogP contribution < -0.4 is 10.6 Å². The van der Waals surface area contributed by atoms with E-state index in [0.29, 0.717) is 29.3 Å². The highest BCUT2D eigenvalue weighted by molar-refractivity contribution is 6.31. The van der Waals surface area contributed by atoms with E-state index < -0.39 is 46.5 Å². The molecule has 1 unspecified atom stereocenters. The van der Waals surface area contributed by atoms with Crippen LogP contribution in [-0.2, 0) is 11.0 Å². The zero-order chi connectivity index (χ0) is 28.0. The zero-order valence-corrected chi connectivity index (χ0v) is 21.8. The number of carbonyl (C=O) groups excluding carboxylic acids is 3. The van der Waals surface area contributed by atoms with Gasteiger partial charge in [-0.1, -0.05) is 17.7 Å². The van der Waals surface area contributed by atoms with E-state index in [-0.39, 0.29) is 35.9 Å². The molecule has 3 amide bonds. The molecule has 4 rings (SSSR count). The van der Waals surface area contributed by atoms with Crippen molar-refractivity contribution < 1.29 is 31.9 Å². The fourth-order valence-electron chi connectivity index (χ4n) is 4.88. The van der Waals surface area contributed by atoms with E-state index in [0.717, 1.165) is 12.8 Å². The Kier molecular flexibility index (Phi) is 7.49. The molecule has 2 fully saturated rings. The second kappa shape index (κ2) is 10.2. The molecule has 0 aromatic heterocycles. The van der Waals surface area contributed by atoms with Crippen molar-refractivity contribution in [2.45, 2.75) is 76.3 Å². The molecule has 11 heteroatoms. The lowest BCUT2D eigenvalue weighted by molar-refractivity contribution is -0.137. The molecule has 3 atom stereocenters. The van der Waals surface area contributed by atoms with Gasteiger partial charge in [0, 0.05) is 28.2 Å². The number of nitrogens with zero attached hydrogens (tertiary/aromatic N) is 1. The molecule has 0 bridgehead atoms. The van der Waals surface area contributed by atoms with E-state index in [1.54, 1.807) is 25.1 Å². The maximum Gasteiger partial charge on any atom is 0.416 e. The molecule has 1 aliphatic carbocycles. The summed E-state index contributed by atoms with van der Waals surface area (Å²) in [6, 6.07) is 6.08. The van der Waals surface area contributed by atoms with Crippen LogP contribution in [0.1, 0.15) is 84.3 Å². The second-order valence-corrected chi connectivity index (χ2v) is 10.6. The summed E-state index contributed by atoms with van der Waals surface area (Å²) in [5.74, 6) is -2.85. The number of benzene rings is 2. The Morgan fingerprint density at radius 1 is 1.03 bits per heavy atom. The lowest BCUT2D eigenvalue weighted by atomic mass is 10.0. The number of alkyl halides is 3. The van der Waals surface area contributed by atoms with Crippen molar-refractivity contribution >= 4 is 29.3 Å². The van der Waals surface area contributed by atoms with Gasteiger partial charge in [-0.15, -0.1) is 0 Å². The van der Waals surface area contributed by atoms with Gasteiger partial charge < -0.3 is 15.5 Å². The van der Waals surface area contributed by atoms with Crippen molar-refractivity contribution in [2.75, 3.05) is 0 Å². The van der Waals surface area contributed by atoms with Gasteiger partial charge >= 0.3 is 6.18 Å². The topological polar surface area (TPSA) is 78.5 Å². The first-order valence-electron chi connectivity index (χ1n) is 12.4. The number of hydrogen-bond acceptors (Lipinski definition) is 3. The van der Waals surface area contributed by atoms with Crippen LogP contribution in [0.3, 0.4) is 0 Å². The highest BCUT2D eigenvalue weighted by Gasteiger charge is 2.51. The molecule has 0 spiro atoms. The zero-order valence-electron chi connectivity index (χ0n) is 21.1. The first-order chi connectivity index (χ1) is 17.7. The smallest absolute Gasteiger partial charge is 0.347 e. The number of likely N-dealkylation sites (tertiary alicyclic amines) is 1. The molecule has 2 N–H and O–H groups in total. The third-order valence-corrected chi connectivity index (χ3v) is 7.60. The van der Waals surface area contributed by atoms with Gasteiger partial charge in [-0.3, -0.25) is 14.4 Å². The molecule has 1 saturated heterocycles. The second-order valence-electron chi connectivity index (χ2n) is 10.2. The number of halogens is 5. The summed E-state index contributed by atoms with van der Waals surface area (Å²) in [4.78, 5) is 40.5. The van der Waals surface area contributed by atoms with Crippen LogP contribution in [-0.4, -0.2) is 40.2 Å². The van der Waals surface area contributed by atoms with Crippen molar-refractivity contribution in [1.29, 1.82) is 0 Å². The van der Waals surface area contributed by atoms with Crippen LogP contribution >= 0.6 is 11.6 Å². The van der Waals surface area contributed by atoms with Crippen LogP contribution in [0.4, 0.5) is 17.6 Å². The Morgan fingerprint density at radius 3 is 2.21 bits per heavy atom. The SMILES string of the molecule is CC(NC(=O)C1(NC(=O)c2cc(F)cc(C(F)(F)F)c2)CC1)c1ccc(C(=O)N2[C@@H](C)CC[C@@H]2C)cc1Cl. The average Bonchev–Trinajstić information content (AvgIpc) is 3.54. The maximum atomic E-state index is 13.7. The Balaban J connectivity index is 1.44. The summed E-state index contributed by atoms with van der Waals surface area (Å²) >= 11 is 6.47. The molecule has 6 nitrogen and oxygen atoms in total. The fourth-order valence-corrected chi connectivity index (χ4v) is 5.22. The fraction of sp³-hybridized carbons (Fsp3) is 0.444. The number of rotatable bonds is 6. The Labute approximate surface area is 222 Å². The van der Waals surface area contributed by atoms with Gasteiger partial charge in [0.05, 0.1) is 11.6 Å². The molecule has 1 heterocycles. The first-order valence-corrected chi connectivity index (χ1v) is 12.7. The van der Waals surface area contributed by atoms with Crippen molar-refractivity contribution in [1.82, 2.24) is 15.5 Å². The van der Waals surface area contributed by atoms with Crippen LogP contribution in [0.25, 0.3) is 0 Å². The highest BCUT2D eigenvalue weighted by atomic mass is 35.5. The predicted octanol–water partition coefficient (Wildman–Crippen LogP) is 5.65. The molecule has 1 saturated carbocycles. The largest absolute Gasteiger partial charge is 0.416 e. The molecule has 2 aromatic carbocycles. The Bertz CT molecular complexity index is 1270. The van der Waals surface area contributed by atoms with E-state index in [9.17, 15) is 31.9 Å². The molecule has 38 heavy (non-hydrogen) atoms. The van der Waals surface area contributed by atoms with E-state index in [1.165, 1.54) is 0 Å². The molecule has 204 valence electrons. The number of carbonyl (C=O) groups is 3. The molecule has 2 aliphatic rings. The first kappa shape index (κ1) is 27.9. The Morgan fingerprint density at radius 2 is 1.66 bits per heavy atom. The third-order valence-electron chi connectivity index (χ3n) is 7.27. The summed E-state index contributed by atoms with van der Waals surface area (Å²) in [5, 5.41) is 5.52. The third kappa shape index (κ3) is 5.65. The lowest BCUT2D eigenvalue weighted by Gasteiger charge is -2.27. The van der Waals surface area contributed by atoms with E-state index in [2.05, 4.69) is 10.6 Å². The molecule has 0 radical (unpaired) electrons. The lowest BCUT2D eigenvalue weighted by Crippen LogP contribution is -2.49. The summed E-state index contributed by atoms with van der Waals surface area (Å²) in [6.07, 6.45) is -2.42. The van der Waals surface area contributed by atoms with Crippen LogP contribution in [0.2, 0.25) is 5.02 Å². The van der Waals surface area contributed by atoms with Gasteiger partial charge in [-0.25, -0.2) is 4.39 Å². The van der Waals surface area contributed by atoms with Crippen LogP contribution in [0, 0.1) is 5.82 Å². The number of hydrogen-bond donors (Lipinski definition) is 2. The van der Waals surface area contributed by atoms with Gasteiger partial charge in [-0.2, -0.15) is 13.2 Å². The maximum absolute atomic E-state index is 13.7. The van der Waals surface area contributed by atoms with E-state index in [4.69, 9.17) is 11.6 Å². The molecule has 2 aromatic rings. The van der Waals surface area contributed by atoms with Gasteiger partial charge in [0.15, 0.2) is 0 Å². The van der Waals surface area contributed by atoms with Gasteiger partial charge in [0.1, 0.15) is 11.4 Å². The van der Waals surface area contributed by atoms with Gasteiger partial charge in [0.2, 0.25) is 5.91 Å². The van der Waals surface area contributed by atoms with Gasteiger partial charge in [-0.05, 0) is 82.3 Å². The van der Waals surface area contributed by atoms with Crippen molar-refractivity contribution in [3.05, 3.63) is 69.5 Å². The summed E-state index contributed by atoms with van der Waals surface area (Å²) in [5.41, 5.74) is -2.15. The minimum Gasteiger partial charge on any atom is -0.347 e. The molecular weight excluding hydrogens is 526 g/mol. The summed E-state index contributed by atoms with van der Waals surface area (Å²) in [7, 11) is 0. The quantitative estimate of drug-likeness (QED) is 0.454. The highest BCUT2D eigenvalue weighted by Crippen LogP contribution is 2.38. The summed E-state index contributed by atoms with van der Waals surface area (Å²) in [6.45, 7) is 5.70. The molecule has 1 aliphatic heterocycles. The number of amides is 3. The monoisotopic (exact) mass is 553 g/mol. The van der Waals surface area contributed by atoms with E-state index in [1.807, 2.05) is 18.7 Å². The Hall–Kier alpha value is -3.14. The minimum atomic E-state index is -4.83. The minimum absolute atomic E-state index is 0.113.